The lowest BCUT2D eigenvalue weighted by atomic mass is 9.93. The molecular formula is C26H24N4O7. The first kappa shape index (κ1) is 25.3. The number of non-ortho nitro benzene ring substituents is 1. The zero-order valence-electron chi connectivity index (χ0n) is 20.4. The highest BCUT2D eigenvalue weighted by Gasteiger charge is 2.31. The summed E-state index contributed by atoms with van der Waals surface area (Å²) in [5.41, 5.74) is 4.70. The molecule has 2 aromatic carbocycles. The van der Waals surface area contributed by atoms with E-state index in [0.717, 1.165) is 0 Å². The molecule has 0 bridgehead atoms. The molecule has 1 aliphatic rings. The number of ether oxygens (including phenoxy) is 1. The van der Waals surface area contributed by atoms with Gasteiger partial charge in [-0.05, 0) is 38.0 Å². The summed E-state index contributed by atoms with van der Waals surface area (Å²) in [5.74, 6) is -0.945. The van der Waals surface area contributed by atoms with Gasteiger partial charge in [-0.2, -0.15) is 5.10 Å². The van der Waals surface area contributed by atoms with Crippen molar-refractivity contribution in [3.05, 3.63) is 92.4 Å². The predicted octanol–water partition coefficient (Wildman–Crippen LogP) is 4.03. The van der Waals surface area contributed by atoms with Crippen molar-refractivity contribution in [2.75, 3.05) is 19.1 Å². The smallest absolute Gasteiger partial charge is 0.339 e. The summed E-state index contributed by atoms with van der Waals surface area (Å²) in [5, 5.41) is 15.3. The zero-order valence-corrected chi connectivity index (χ0v) is 20.4. The minimum Gasteiger partial charge on any atom is -0.465 e. The molecule has 0 spiro atoms. The lowest BCUT2D eigenvalue weighted by molar-refractivity contribution is -0.384. The molecule has 3 aromatic rings. The van der Waals surface area contributed by atoms with Gasteiger partial charge in [0.25, 0.3) is 17.5 Å². The Hall–Kier alpha value is -4.80. The van der Waals surface area contributed by atoms with E-state index in [1.54, 1.807) is 38.2 Å². The summed E-state index contributed by atoms with van der Waals surface area (Å²) in [7, 11) is 2.81. The summed E-state index contributed by atoms with van der Waals surface area (Å²) in [4.78, 5) is 49.9. The Morgan fingerprint density at radius 3 is 2.62 bits per heavy atom. The molecule has 0 radical (unpaired) electrons. The number of esters is 1. The molecule has 37 heavy (non-hydrogen) atoms. The number of hydrogen-bond acceptors (Lipinski definition) is 8. The zero-order chi connectivity index (χ0) is 26.7. The number of amides is 2. The van der Waals surface area contributed by atoms with Crippen molar-refractivity contribution in [3.8, 4) is 0 Å². The van der Waals surface area contributed by atoms with Crippen LogP contribution in [0.5, 0.6) is 0 Å². The first-order valence-electron chi connectivity index (χ1n) is 11.4. The van der Waals surface area contributed by atoms with Crippen LogP contribution in [0.4, 0.5) is 11.4 Å². The van der Waals surface area contributed by atoms with Crippen LogP contribution in [-0.4, -0.2) is 42.6 Å². The third-order valence-corrected chi connectivity index (χ3v) is 6.11. The standard InChI is InChI=1S/C26H24N4O7/c1-15-22-19(27-28-24(31)16-8-6-9-17(14-16)30(34)35)11-7-13-21(22)37-23(15)25(32)29(2)20-12-5-4-10-18(20)26(33)36-3/h4-6,8-10,12,14H,7,11,13H2,1-3H3,(H,28,31)/b27-19+. The Morgan fingerprint density at radius 2 is 1.89 bits per heavy atom. The predicted molar refractivity (Wildman–Crippen MR) is 134 cm³/mol. The summed E-state index contributed by atoms with van der Waals surface area (Å²) >= 11 is 0. The van der Waals surface area contributed by atoms with Crippen LogP contribution in [0.1, 0.15) is 61.0 Å². The number of benzene rings is 2. The molecule has 1 heterocycles. The number of carbonyl (C=O) groups excluding carboxylic acids is 3. The van der Waals surface area contributed by atoms with Gasteiger partial charge in [0.15, 0.2) is 5.76 Å². The molecule has 1 aromatic heterocycles. The maximum absolute atomic E-state index is 13.4. The van der Waals surface area contributed by atoms with Gasteiger partial charge in [0.05, 0.1) is 29.0 Å². The molecule has 11 heteroatoms. The number of nitro benzene ring substituents is 1. The van der Waals surface area contributed by atoms with E-state index in [9.17, 15) is 24.5 Å². The van der Waals surface area contributed by atoms with Crippen molar-refractivity contribution >= 4 is 34.9 Å². The fourth-order valence-corrected chi connectivity index (χ4v) is 4.24. The number of hydrogen-bond donors (Lipinski definition) is 1. The first-order chi connectivity index (χ1) is 17.7. The van der Waals surface area contributed by atoms with E-state index < -0.39 is 22.7 Å². The topological polar surface area (TPSA) is 144 Å². The molecule has 0 saturated heterocycles. The van der Waals surface area contributed by atoms with Crippen molar-refractivity contribution in [1.82, 2.24) is 5.43 Å². The van der Waals surface area contributed by atoms with Crippen molar-refractivity contribution in [2.45, 2.75) is 26.2 Å². The van der Waals surface area contributed by atoms with E-state index in [-0.39, 0.29) is 22.6 Å². The van der Waals surface area contributed by atoms with Gasteiger partial charge in [-0.1, -0.05) is 18.2 Å². The molecule has 0 fully saturated rings. The monoisotopic (exact) mass is 504 g/mol. The Kier molecular flexibility index (Phi) is 7.14. The highest BCUT2D eigenvalue weighted by atomic mass is 16.6. The van der Waals surface area contributed by atoms with Gasteiger partial charge in [0, 0.05) is 42.3 Å². The molecule has 1 aliphatic carbocycles. The van der Waals surface area contributed by atoms with Crippen molar-refractivity contribution in [1.29, 1.82) is 0 Å². The van der Waals surface area contributed by atoms with Crippen LogP contribution in [0.2, 0.25) is 0 Å². The second kappa shape index (κ2) is 10.4. The quantitative estimate of drug-likeness (QED) is 0.303. The molecule has 0 saturated carbocycles. The number of nitrogens with one attached hydrogen (secondary N) is 1. The second-order valence-corrected chi connectivity index (χ2v) is 8.39. The summed E-state index contributed by atoms with van der Waals surface area (Å²) in [6.07, 6.45) is 1.82. The number of nitrogens with zero attached hydrogens (tertiary/aromatic N) is 3. The van der Waals surface area contributed by atoms with Crippen molar-refractivity contribution in [2.24, 2.45) is 5.10 Å². The Morgan fingerprint density at radius 1 is 1.14 bits per heavy atom. The van der Waals surface area contributed by atoms with Gasteiger partial charge in [0.2, 0.25) is 0 Å². The molecule has 0 unspecified atom stereocenters. The summed E-state index contributed by atoms with van der Waals surface area (Å²) < 4.78 is 10.8. The van der Waals surface area contributed by atoms with Gasteiger partial charge < -0.3 is 14.1 Å². The molecule has 0 aliphatic heterocycles. The van der Waals surface area contributed by atoms with Crippen LogP contribution in [0.3, 0.4) is 0 Å². The number of nitro groups is 1. The number of anilines is 1. The number of fused-ring (bicyclic) bond motifs is 1. The molecule has 11 nitrogen and oxygen atoms in total. The Balaban J connectivity index is 1.61. The van der Waals surface area contributed by atoms with E-state index in [0.29, 0.717) is 47.5 Å². The Bertz CT molecular complexity index is 1440. The van der Waals surface area contributed by atoms with E-state index in [1.807, 2.05) is 0 Å². The average Bonchev–Trinajstić information content (AvgIpc) is 3.27. The largest absolute Gasteiger partial charge is 0.465 e. The van der Waals surface area contributed by atoms with Crippen LogP contribution in [0.25, 0.3) is 0 Å². The molecule has 190 valence electrons. The van der Waals surface area contributed by atoms with E-state index >= 15 is 0 Å². The number of hydrazone groups is 1. The van der Waals surface area contributed by atoms with Crippen LogP contribution in [0, 0.1) is 17.0 Å². The molecule has 4 rings (SSSR count). The molecule has 2 amide bonds. The van der Waals surface area contributed by atoms with Crippen LogP contribution >= 0.6 is 0 Å². The highest BCUT2D eigenvalue weighted by Crippen LogP contribution is 2.32. The number of para-hydroxylation sites is 1. The van der Waals surface area contributed by atoms with Crippen LogP contribution in [0.15, 0.2) is 58.0 Å². The maximum atomic E-state index is 13.4. The van der Waals surface area contributed by atoms with Gasteiger partial charge in [-0.25, -0.2) is 10.2 Å². The SMILES string of the molecule is COC(=O)c1ccccc1N(C)C(=O)c1oc2c(c1C)/C(=N/NC(=O)c1cccc([N+](=O)[O-])c1)CCC2. The lowest BCUT2D eigenvalue weighted by Gasteiger charge is -2.19. The minimum absolute atomic E-state index is 0.0975. The fourth-order valence-electron chi connectivity index (χ4n) is 4.24. The molecule has 0 atom stereocenters. The van der Waals surface area contributed by atoms with Gasteiger partial charge >= 0.3 is 5.97 Å². The van der Waals surface area contributed by atoms with Gasteiger partial charge in [-0.3, -0.25) is 19.7 Å². The van der Waals surface area contributed by atoms with E-state index in [1.165, 1.54) is 36.3 Å². The van der Waals surface area contributed by atoms with Crippen LogP contribution < -0.4 is 10.3 Å². The molecule has 1 N–H and O–H groups in total. The third kappa shape index (κ3) is 4.96. The van der Waals surface area contributed by atoms with E-state index in [2.05, 4.69) is 10.5 Å². The number of methoxy groups -OCH3 is 1. The van der Waals surface area contributed by atoms with Gasteiger partial charge in [0.1, 0.15) is 5.76 Å². The first-order valence-corrected chi connectivity index (χ1v) is 11.4. The summed E-state index contributed by atoms with van der Waals surface area (Å²) in [6, 6.07) is 11.9. The lowest BCUT2D eigenvalue weighted by Crippen LogP contribution is -2.28. The second-order valence-electron chi connectivity index (χ2n) is 8.39. The Labute approximate surface area is 211 Å². The minimum atomic E-state index is -0.597. The fraction of sp³-hybridized carbons (Fsp3) is 0.231. The van der Waals surface area contributed by atoms with Crippen LogP contribution in [-0.2, 0) is 11.2 Å². The maximum Gasteiger partial charge on any atom is 0.339 e. The van der Waals surface area contributed by atoms with Gasteiger partial charge in [-0.15, -0.1) is 0 Å². The average molecular weight is 504 g/mol. The molecular weight excluding hydrogens is 480 g/mol. The highest BCUT2D eigenvalue weighted by molar-refractivity contribution is 6.12. The number of rotatable bonds is 6. The summed E-state index contributed by atoms with van der Waals surface area (Å²) in [6.45, 7) is 1.73. The normalized spacial score (nSPS) is 13.5. The number of carbonyl (C=O) groups is 3. The third-order valence-electron chi connectivity index (χ3n) is 6.11. The number of aryl methyl sites for hydroxylation is 1. The number of furan rings is 1. The van der Waals surface area contributed by atoms with Crippen molar-refractivity contribution in [3.63, 3.8) is 0 Å². The van der Waals surface area contributed by atoms with E-state index in [4.69, 9.17) is 9.15 Å². The van der Waals surface area contributed by atoms with Crippen molar-refractivity contribution < 1.29 is 28.5 Å².